The Morgan fingerprint density at radius 3 is 2.84 bits per heavy atom. The molecule has 0 saturated carbocycles. The van der Waals surface area contributed by atoms with Crippen LogP contribution in [0, 0.1) is 0 Å². The molecular weight excluding hydrogens is 330 g/mol. The number of carbonyl (C=O) groups excluding carboxylic acids is 1. The number of hydrogen-bond donors (Lipinski definition) is 2. The molecule has 5 heteroatoms. The van der Waals surface area contributed by atoms with Gasteiger partial charge in [0, 0.05) is 34.9 Å². The average molecular weight is 356 g/mol. The molecule has 0 radical (unpaired) electrons. The van der Waals surface area contributed by atoms with Crippen LogP contribution in [-0.2, 0) is 11.2 Å². The van der Waals surface area contributed by atoms with Gasteiger partial charge in [0.05, 0.1) is 6.04 Å². The zero-order chi connectivity index (χ0) is 17.6. The fourth-order valence-electron chi connectivity index (χ4n) is 3.10. The van der Waals surface area contributed by atoms with Crippen molar-refractivity contribution in [1.82, 2.24) is 15.2 Å². The van der Waals surface area contributed by atoms with E-state index >= 15 is 0 Å². The Morgan fingerprint density at radius 2 is 2.08 bits per heavy atom. The lowest BCUT2D eigenvalue weighted by molar-refractivity contribution is -0.121. The summed E-state index contributed by atoms with van der Waals surface area (Å²) >= 11 is 1.73. The van der Waals surface area contributed by atoms with E-state index in [0.29, 0.717) is 13.0 Å². The number of likely N-dealkylation sites (N-methyl/N-ethyl adjacent to an activating group) is 1. The predicted octanol–water partition coefficient (Wildman–Crippen LogP) is 3.97. The number of thiophene rings is 1. The number of aryl methyl sites for hydroxylation is 1. The third-order valence-corrected chi connectivity index (χ3v) is 5.49. The van der Waals surface area contributed by atoms with Crippen molar-refractivity contribution in [3.05, 3.63) is 58.4 Å². The van der Waals surface area contributed by atoms with E-state index in [4.69, 9.17) is 0 Å². The molecule has 0 spiro atoms. The van der Waals surface area contributed by atoms with Crippen LogP contribution in [0.3, 0.4) is 0 Å². The Kier molecular flexibility index (Phi) is 5.89. The van der Waals surface area contributed by atoms with Gasteiger partial charge in [0.15, 0.2) is 0 Å². The SMILES string of the molecule is CN(C)[C@@H](CNC(=O)CCCc1c[nH]c2ccccc12)c1cccs1. The Labute approximate surface area is 152 Å². The minimum atomic E-state index is 0.128. The maximum Gasteiger partial charge on any atom is 0.220 e. The van der Waals surface area contributed by atoms with Gasteiger partial charge in [-0.05, 0) is 50.0 Å². The van der Waals surface area contributed by atoms with Crippen LogP contribution in [0.5, 0.6) is 0 Å². The molecule has 0 aliphatic carbocycles. The highest BCUT2D eigenvalue weighted by Gasteiger charge is 2.16. The second-order valence-electron chi connectivity index (χ2n) is 6.51. The van der Waals surface area contributed by atoms with Crippen molar-refractivity contribution in [3.8, 4) is 0 Å². The standard InChI is InChI=1S/C20H25N3OS/c1-23(2)18(19-10-6-12-25-19)14-22-20(24)11-5-7-15-13-21-17-9-4-3-8-16(15)17/h3-4,6,8-10,12-13,18,21H,5,7,11,14H2,1-2H3,(H,22,24)/t18-/m0/s1. The van der Waals surface area contributed by atoms with Crippen LogP contribution in [0.2, 0.25) is 0 Å². The Hall–Kier alpha value is -2.11. The number of fused-ring (bicyclic) bond motifs is 1. The van der Waals surface area contributed by atoms with Gasteiger partial charge < -0.3 is 15.2 Å². The van der Waals surface area contributed by atoms with E-state index < -0.39 is 0 Å². The highest BCUT2D eigenvalue weighted by atomic mass is 32.1. The summed E-state index contributed by atoms with van der Waals surface area (Å²) in [7, 11) is 4.10. The zero-order valence-corrected chi connectivity index (χ0v) is 15.6. The summed E-state index contributed by atoms with van der Waals surface area (Å²) in [6.45, 7) is 0.652. The second-order valence-corrected chi connectivity index (χ2v) is 7.49. The van der Waals surface area contributed by atoms with Gasteiger partial charge in [-0.2, -0.15) is 0 Å². The largest absolute Gasteiger partial charge is 0.361 e. The third kappa shape index (κ3) is 4.50. The van der Waals surface area contributed by atoms with Gasteiger partial charge in [-0.1, -0.05) is 24.3 Å². The van der Waals surface area contributed by atoms with Crippen LogP contribution >= 0.6 is 11.3 Å². The molecule has 1 atom stereocenters. The van der Waals surface area contributed by atoms with E-state index in [1.54, 1.807) is 11.3 Å². The lowest BCUT2D eigenvalue weighted by Crippen LogP contribution is -2.34. The molecule has 2 aromatic heterocycles. The number of rotatable bonds is 8. The van der Waals surface area contributed by atoms with Crippen molar-refractivity contribution >= 4 is 28.1 Å². The van der Waals surface area contributed by atoms with Gasteiger partial charge in [-0.3, -0.25) is 4.79 Å². The van der Waals surface area contributed by atoms with Gasteiger partial charge in [0.1, 0.15) is 0 Å². The molecule has 1 amide bonds. The minimum absolute atomic E-state index is 0.128. The maximum absolute atomic E-state index is 12.2. The number of para-hydroxylation sites is 1. The molecule has 2 heterocycles. The number of nitrogens with zero attached hydrogens (tertiary/aromatic N) is 1. The summed E-state index contributed by atoms with van der Waals surface area (Å²) in [4.78, 5) is 18.9. The molecule has 25 heavy (non-hydrogen) atoms. The van der Waals surface area contributed by atoms with Crippen LogP contribution in [0.15, 0.2) is 48.0 Å². The minimum Gasteiger partial charge on any atom is -0.361 e. The highest BCUT2D eigenvalue weighted by molar-refractivity contribution is 7.10. The topological polar surface area (TPSA) is 48.1 Å². The van der Waals surface area contributed by atoms with E-state index in [9.17, 15) is 4.79 Å². The molecule has 1 aromatic carbocycles. The van der Waals surface area contributed by atoms with Gasteiger partial charge in [0.25, 0.3) is 0 Å². The van der Waals surface area contributed by atoms with Crippen LogP contribution in [0.25, 0.3) is 10.9 Å². The summed E-state index contributed by atoms with van der Waals surface area (Å²) in [5, 5.41) is 6.42. The highest BCUT2D eigenvalue weighted by Crippen LogP contribution is 2.22. The van der Waals surface area contributed by atoms with Gasteiger partial charge >= 0.3 is 0 Å². The maximum atomic E-state index is 12.2. The second kappa shape index (κ2) is 8.32. The van der Waals surface area contributed by atoms with Gasteiger partial charge in [0.2, 0.25) is 5.91 Å². The summed E-state index contributed by atoms with van der Waals surface area (Å²) < 4.78 is 0. The Morgan fingerprint density at radius 1 is 1.24 bits per heavy atom. The smallest absolute Gasteiger partial charge is 0.220 e. The molecule has 3 aromatic rings. The average Bonchev–Trinajstić information content (AvgIpc) is 3.25. The Balaban J connectivity index is 1.46. The zero-order valence-electron chi connectivity index (χ0n) is 14.8. The van der Waals surface area contributed by atoms with E-state index in [1.807, 2.05) is 20.2 Å². The van der Waals surface area contributed by atoms with Crippen molar-refractivity contribution in [1.29, 1.82) is 0 Å². The van der Waals surface area contributed by atoms with Crippen molar-refractivity contribution in [2.24, 2.45) is 0 Å². The molecule has 2 N–H and O–H groups in total. The number of hydrogen-bond acceptors (Lipinski definition) is 3. The molecular formula is C20H25N3OS. The number of nitrogens with one attached hydrogen (secondary N) is 2. The molecule has 0 bridgehead atoms. The van der Waals surface area contributed by atoms with E-state index in [-0.39, 0.29) is 11.9 Å². The lowest BCUT2D eigenvalue weighted by atomic mass is 10.1. The summed E-state index contributed by atoms with van der Waals surface area (Å²) in [5.74, 6) is 0.128. The first-order valence-corrected chi connectivity index (χ1v) is 9.54. The van der Waals surface area contributed by atoms with Gasteiger partial charge in [-0.25, -0.2) is 0 Å². The number of amides is 1. The molecule has 0 unspecified atom stereocenters. The summed E-state index contributed by atoms with van der Waals surface area (Å²) in [6, 6.07) is 12.7. The Bertz CT molecular complexity index is 807. The lowest BCUT2D eigenvalue weighted by Gasteiger charge is -2.23. The number of carbonyl (C=O) groups is 1. The first-order valence-electron chi connectivity index (χ1n) is 8.66. The molecule has 4 nitrogen and oxygen atoms in total. The normalized spacial score (nSPS) is 12.6. The predicted molar refractivity (Wildman–Crippen MR) is 105 cm³/mol. The molecule has 0 fully saturated rings. The van der Waals surface area contributed by atoms with Crippen molar-refractivity contribution in [2.45, 2.75) is 25.3 Å². The first-order chi connectivity index (χ1) is 12.1. The fraction of sp³-hybridized carbons (Fsp3) is 0.350. The summed E-state index contributed by atoms with van der Waals surface area (Å²) in [5.41, 5.74) is 2.44. The van der Waals surface area contributed by atoms with Crippen LogP contribution in [0.1, 0.15) is 29.3 Å². The molecule has 132 valence electrons. The van der Waals surface area contributed by atoms with Crippen molar-refractivity contribution < 1.29 is 4.79 Å². The number of aromatic amines is 1. The van der Waals surface area contributed by atoms with Crippen LogP contribution < -0.4 is 5.32 Å². The van der Waals surface area contributed by atoms with Gasteiger partial charge in [-0.15, -0.1) is 11.3 Å². The monoisotopic (exact) mass is 355 g/mol. The van der Waals surface area contributed by atoms with E-state index in [0.717, 1.165) is 18.4 Å². The molecule has 0 saturated heterocycles. The van der Waals surface area contributed by atoms with Crippen molar-refractivity contribution in [3.63, 3.8) is 0 Å². The molecule has 0 aliphatic rings. The van der Waals surface area contributed by atoms with Crippen LogP contribution in [-0.4, -0.2) is 36.4 Å². The number of benzene rings is 1. The number of aromatic nitrogens is 1. The van der Waals surface area contributed by atoms with E-state index in [1.165, 1.54) is 15.8 Å². The van der Waals surface area contributed by atoms with Crippen LogP contribution in [0.4, 0.5) is 0 Å². The van der Waals surface area contributed by atoms with E-state index in [2.05, 4.69) is 57.1 Å². The first kappa shape index (κ1) is 17.7. The summed E-state index contributed by atoms with van der Waals surface area (Å²) in [6.07, 6.45) is 4.39. The molecule has 0 aliphatic heterocycles. The fourth-order valence-corrected chi connectivity index (χ4v) is 4.02. The third-order valence-electron chi connectivity index (χ3n) is 4.51. The number of H-pyrrole nitrogens is 1. The van der Waals surface area contributed by atoms with Crippen molar-refractivity contribution in [2.75, 3.05) is 20.6 Å². The molecule has 3 rings (SSSR count). The quantitative estimate of drug-likeness (QED) is 0.642.